The van der Waals surface area contributed by atoms with Crippen molar-refractivity contribution in [3.05, 3.63) is 76.4 Å². The first-order valence-corrected chi connectivity index (χ1v) is 8.67. The van der Waals surface area contributed by atoms with Crippen LogP contribution in [0, 0.1) is 6.92 Å². The normalized spacial score (nSPS) is 12.1. The molecule has 0 saturated carbocycles. The minimum Gasteiger partial charge on any atom is -0.461 e. The Hall–Kier alpha value is -2.39. The summed E-state index contributed by atoms with van der Waals surface area (Å²) in [4.78, 5) is 16.5. The van der Waals surface area contributed by atoms with Crippen LogP contribution in [0.25, 0.3) is 10.9 Å². The zero-order valence-corrected chi connectivity index (χ0v) is 15.1. The van der Waals surface area contributed by atoms with Gasteiger partial charge in [-0.3, -0.25) is 4.79 Å². The van der Waals surface area contributed by atoms with Crippen LogP contribution in [0.1, 0.15) is 36.0 Å². The molecule has 1 atom stereocenters. The standard InChI is InChI=1S/C21H20ClNO2/c1-14-8-9-17-12-18(21(22)23-19(17)10-14)13-25-20(24)11-15(2)16-6-4-3-5-7-16/h3-10,12,15H,11,13H2,1-2H3/t15-/m1/s1. The molecule has 0 fully saturated rings. The van der Waals surface area contributed by atoms with E-state index in [-0.39, 0.29) is 18.5 Å². The molecule has 0 unspecified atom stereocenters. The lowest BCUT2D eigenvalue weighted by Gasteiger charge is -2.12. The Morgan fingerprint density at radius 1 is 1.16 bits per heavy atom. The molecule has 3 aromatic rings. The van der Waals surface area contributed by atoms with E-state index in [1.165, 1.54) is 0 Å². The van der Waals surface area contributed by atoms with Gasteiger partial charge in [-0.05, 0) is 36.1 Å². The van der Waals surface area contributed by atoms with Gasteiger partial charge in [-0.15, -0.1) is 0 Å². The van der Waals surface area contributed by atoms with Crippen molar-refractivity contribution in [2.24, 2.45) is 0 Å². The number of rotatable bonds is 5. The van der Waals surface area contributed by atoms with Crippen molar-refractivity contribution < 1.29 is 9.53 Å². The Labute approximate surface area is 152 Å². The molecule has 0 aliphatic carbocycles. The number of ether oxygens (including phenoxy) is 1. The largest absolute Gasteiger partial charge is 0.461 e. The van der Waals surface area contributed by atoms with E-state index in [2.05, 4.69) is 4.98 Å². The summed E-state index contributed by atoms with van der Waals surface area (Å²) in [7, 11) is 0. The minimum atomic E-state index is -0.239. The number of hydrogen-bond acceptors (Lipinski definition) is 3. The van der Waals surface area contributed by atoms with Gasteiger partial charge < -0.3 is 4.74 Å². The van der Waals surface area contributed by atoms with Gasteiger partial charge in [0.15, 0.2) is 0 Å². The van der Waals surface area contributed by atoms with Crippen molar-refractivity contribution in [1.29, 1.82) is 0 Å². The number of pyridine rings is 1. The quantitative estimate of drug-likeness (QED) is 0.453. The van der Waals surface area contributed by atoms with E-state index in [0.29, 0.717) is 11.6 Å². The molecule has 0 amide bonds. The Morgan fingerprint density at radius 3 is 2.68 bits per heavy atom. The number of carbonyl (C=O) groups excluding carboxylic acids is 1. The Balaban J connectivity index is 1.65. The van der Waals surface area contributed by atoms with Crippen molar-refractivity contribution in [3.8, 4) is 0 Å². The number of hydrogen-bond donors (Lipinski definition) is 0. The number of halogens is 1. The van der Waals surface area contributed by atoms with Gasteiger partial charge in [-0.1, -0.05) is 61.0 Å². The summed E-state index contributed by atoms with van der Waals surface area (Å²) in [6.07, 6.45) is 0.335. The molecule has 25 heavy (non-hydrogen) atoms. The molecule has 128 valence electrons. The molecule has 0 spiro atoms. The Bertz CT molecular complexity index is 893. The van der Waals surface area contributed by atoms with E-state index in [1.54, 1.807) is 0 Å². The lowest BCUT2D eigenvalue weighted by molar-refractivity contribution is -0.145. The fraction of sp³-hybridized carbons (Fsp3) is 0.238. The third-order valence-electron chi connectivity index (χ3n) is 4.23. The molecule has 2 aromatic carbocycles. The Kier molecular flexibility index (Phi) is 5.34. The van der Waals surface area contributed by atoms with Crippen molar-refractivity contribution in [1.82, 2.24) is 4.98 Å². The zero-order valence-electron chi connectivity index (χ0n) is 14.3. The van der Waals surface area contributed by atoms with Crippen LogP contribution in [0.3, 0.4) is 0 Å². The summed E-state index contributed by atoms with van der Waals surface area (Å²) in [5.74, 6) is -0.127. The van der Waals surface area contributed by atoms with Crippen LogP contribution < -0.4 is 0 Å². The second-order valence-electron chi connectivity index (χ2n) is 6.31. The first kappa shape index (κ1) is 17.4. The third kappa shape index (κ3) is 4.37. The number of fused-ring (bicyclic) bond motifs is 1. The smallest absolute Gasteiger partial charge is 0.306 e. The molecule has 0 radical (unpaired) electrons. The number of nitrogens with zero attached hydrogens (tertiary/aromatic N) is 1. The van der Waals surface area contributed by atoms with Crippen LogP contribution in [-0.4, -0.2) is 11.0 Å². The topological polar surface area (TPSA) is 39.2 Å². The third-order valence-corrected chi connectivity index (χ3v) is 4.56. The molecule has 1 heterocycles. The zero-order chi connectivity index (χ0) is 17.8. The molecule has 0 N–H and O–H groups in total. The summed E-state index contributed by atoms with van der Waals surface area (Å²) < 4.78 is 5.41. The summed E-state index contributed by atoms with van der Waals surface area (Å²) in [5, 5.41) is 1.36. The van der Waals surface area contributed by atoms with E-state index in [9.17, 15) is 4.79 Å². The van der Waals surface area contributed by atoms with Crippen molar-refractivity contribution in [2.45, 2.75) is 32.8 Å². The van der Waals surface area contributed by atoms with Gasteiger partial charge in [-0.2, -0.15) is 0 Å². The lowest BCUT2D eigenvalue weighted by Crippen LogP contribution is -2.09. The number of carbonyl (C=O) groups is 1. The van der Waals surface area contributed by atoms with E-state index in [4.69, 9.17) is 16.3 Å². The first-order valence-electron chi connectivity index (χ1n) is 8.29. The summed E-state index contributed by atoms with van der Waals surface area (Å²) >= 11 is 6.24. The van der Waals surface area contributed by atoms with E-state index >= 15 is 0 Å². The van der Waals surface area contributed by atoms with E-state index in [1.807, 2.05) is 68.4 Å². The molecule has 4 heteroatoms. The molecule has 1 aromatic heterocycles. The monoisotopic (exact) mass is 353 g/mol. The summed E-state index contributed by atoms with van der Waals surface area (Å²) in [6.45, 7) is 4.16. The fourth-order valence-corrected chi connectivity index (χ4v) is 2.97. The number of aryl methyl sites for hydroxylation is 1. The van der Waals surface area contributed by atoms with Crippen LogP contribution in [0.4, 0.5) is 0 Å². The van der Waals surface area contributed by atoms with Crippen LogP contribution in [-0.2, 0) is 16.1 Å². The molecular weight excluding hydrogens is 334 g/mol. The second-order valence-corrected chi connectivity index (χ2v) is 6.67. The molecular formula is C21H20ClNO2. The molecule has 0 aliphatic heterocycles. The highest BCUT2D eigenvalue weighted by Crippen LogP contribution is 2.23. The predicted molar refractivity (Wildman–Crippen MR) is 101 cm³/mol. The average Bonchev–Trinajstić information content (AvgIpc) is 2.60. The maximum Gasteiger partial charge on any atom is 0.306 e. The fourth-order valence-electron chi connectivity index (χ4n) is 2.77. The average molecular weight is 354 g/mol. The first-order chi connectivity index (χ1) is 12.0. The minimum absolute atomic E-state index is 0.113. The van der Waals surface area contributed by atoms with Gasteiger partial charge in [0.1, 0.15) is 11.8 Å². The van der Waals surface area contributed by atoms with Gasteiger partial charge in [0.2, 0.25) is 0 Å². The summed E-state index contributed by atoms with van der Waals surface area (Å²) in [5.41, 5.74) is 3.82. The maximum atomic E-state index is 12.1. The van der Waals surface area contributed by atoms with Crippen molar-refractivity contribution >= 4 is 28.5 Å². The van der Waals surface area contributed by atoms with Crippen LogP contribution >= 0.6 is 11.6 Å². The van der Waals surface area contributed by atoms with Crippen LogP contribution in [0.5, 0.6) is 0 Å². The van der Waals surface area contributed by atoms with Crippen molar-refractivity contribution in [3.63, 3.8) is 0 Å². The van der Waals surface area contributed by atoms with Crippen LogP contribution in [0.2, 0.25) is 5.15 Å². The predicted octanol–water partition coefficient (Wildman–Crippen LogP) is 5.43. The SMILES string of the molecule is Cc1ccc2cc(COC(=O)C[C@@H](C)c3ccccc3)c(Cl)nc2c1. The summed E-state index contributed by atoms with van der Waals surface area (Å²) in [6, 6.07) is 17.9. The molecule has 0 aliphatic rings. The van der Waals surface area contributed by atoms with Crippen molar-refractivity contribution in [2.75, 3.05) is 0 Å². The highest BCUT2D eigenvalue weighted by Gasteiger charge is 2.13. The van der Waals surface area contributed by atoms with Gasteiger partial charge in [-0.25, -0.2) is 4.98 Å². The lowest BCUT2D eigenvalue weighted by atomic mass is 9.98. The van der Waals surface area contributed by atoms with E-state index in [0.717, 1.165) is 27.6 Å². The van der Waals surface area contributed by atoms with Gasteiger partial charge in [0.25, 0.3) is 0 Å². The van der Waals surface area contributed by atoms with Gasteiger partial charge in [0.05, 0.1) is 11.9 Å². The number of benzene rings is 2. The maximum absolute atomic E-state index is 12.1. The number of esters is 1. The van der Waals surface area contributed by atoms with Crippen LogP contribution in [0.15, 0.2) is 54.6 Å². The highest BCUT2D eigenvalue weighted by molar-refractivity contribution is 6.30. The number of aromatic nitrogens is 1. The van der Waals surface area contributed by atoms with Gasteiger partial charge >= 0.3 is 5.97 Å². The molecule has 0 bridgehead atoms. The second kappa shape index (κ2) is 7.66. The highest BCUT2D eigenvalue weighted by atomic mass is 35.5. The Morgan fingerprint density at radius 2 is 1.92 bits per heavy atom. The molecule has 3 nitrogen and oxygen atoms in total. The van der Waals surface area contributed by atoms with E-state index < -0.39 is 0 Å². The molecule has 0 saturated heterocycles. The molecule has 3 rings (SSSR count). The van der Waals surface area contributed by atoms with Gasteiger partial charge in [0, 0.05) is 10.9 Å².